The minimum atomic E-state index is 1.30. The van der Waals surface area contributed by atoms with Gasteiger partial charge in [-0.2, -0.15) is 0 Å². The molecule has 3 aromatic rings. The van der Waals surface area contributed by atoms with Gasteiger partial charge in [0.05, 0.1) is 0 Å². The van der Waals surface area contributed by atoms with Crippen LogP contribution in [0.1, 0.15) is 11.3 Å². The highest BCUT2D eigenvalue weighted by molar-refractivity contribution is 7.99. The normalized spacial score (nSPS) is 11.1. The molecule has 0 spiro atoms. The molecule has 0 saturated carbocycles. The monoisotopic (exact) mass is 267 g/mol. The second kappa shape index (κ2) is 4.78. The van der Waals surface area contributed by atoms with Gasteiger partial charge in [0.15, 0.2) is 0 Å². The van der Waals surface area contributed by atoms with Gasteiger partial charge in [0, 0.05) is 33.4 Å². The molecule has 0 aliphatic heterocycles. The predicted molar refractivity (Wildman–Crippen MR) is 83.0 cm³/mol. The molecule has 1 heterocycles. The molecule has 0 aliphatic rings. The van der Waals surface area contributed by atoms with E-state index in [0.29, 0.717) is 0 Å². The Morgan fingerprint density at radius 3 is 2.32 bits per heavy atom. The van der Waals surface area contributed by atoms with Crippen molar-refractivity contribution in [1.29, 1.82) is 0 Å². The van der Waals surface area contributed by atoms with Crippen molar-refractivity contribution in [2.75, 3.05) is 0 Å². The Balaban J connectivity index is 2.10. The van der Waals surface area contributed by atoms with Crippen molar-refractivity contribution in [2.45, 2.75) is 23.6 Å². The van der Waals surface area contributed by atoms with Gasteiger partial charge >= 0.3 is 0 Å². The highest BCUT2D eigenvalue weighted by Gasteiger charge is 2.12. The Kier molecular flexibility index (Phi) is 3.11. The molecule has 1 nitrogen and oxygen atoms in total. The molecule has 3 rings (SSSR count). The molecule has 19 heavy (non-hydrogen) atoms. The molecule has 0 saturated heterocycles. The summed E-state index contributed by atoms with van der Waals surface area (Å²) in [5.74, 6) is 0. The molecule has 0 radical (unpaired) electrons. The summed E-state index contributed by atoms with van der Waals surface area (Å²) >= 11 is 1.85. The summed E-state index contributed by atoms with van der Waals surface area (Å²) in [6.07, 6.45) is 0. The Labute approximate surface area is 118 Å². The molecule has 0 N–H and O–H groups in total. The Hall–Kier alpha value is -1.67. The number of benzene rings is 2. The predicted octanol–water partition coefficient (Wildman–Crippen LogP) is 4.95. The summed E-state index contributed by atoms with van der Waals surface area (Å²) in [5.41, 5.74) is 3.93. The van der Waals surface area contributed by atoms with E-state index in [1.165, 1.54) is 32.0 Å². The molecule has 0 bridgehead atoms. The lowest BCUT2D eigenvalue weighted by molar-refractivity contribution is 0.900. The number of aryl methyl sites for hydroxylation is 2. The first kappa shape index (κ1) is 12.4. The number of hydrogen-bond donors (Lipinski definition) is 0. The van der Waals surface area contributed by atoms with Gasteiger partial charge in [-0.15, -0.1) is 0 Å². The molecule has 1 aromatic heterocycles. The smallest absolute Gasteiger partial charge is 0.0491 e. The van der Waals surface area contributed by atoms with Crippen LogP contribution in [0.25, 0.3) is 10.9 Å². The van der Waals surface area contributed by atoms with Gasteiger partial charge in [0.2, 0.25) is 0 Å². The molecular weight excluding hydrogens is 250 g/mol. The topological polar surface area (TPSA) is 4.93 Å². The molecule has 0 atom stereocenters. The van der Waals surface area contributed by atoms with E-state index in [-0.39, 0.29) is 0 Å². The van der Waals surface area contributed by atoms with Gasteiger partial charge in [-0.3, -0.25) is 0 Å². The SMILES string of the molecule is Cc1ccc(Sc2c(C)n(C)c3ccccc23)cc1. The average molecular weight is 267 g/mol. The zero-order valence-electron chi connectivity index (χ0n) is 11.5. The van der Waals surface area contributed by atoms with E-state index in [4.69, 9.17) is 0 Å². The lowest BCUT2D eigenvalue weighted by atomic mass is 10.2. The standard InChI is InChI=1S/C17H17NS/c1-12-8-10-14(11-9-12)19-17-13(2)18(3)16-7-5-4-6-15(16)17/h4-11H,1-3H3. The van der Waals surface area contributed by atoms with Gasteiger partial charge in [0.25, 0.3) is 0 Å². The molecule has 2 aromatic carbocycles. The minimum absolute atomic E-state index is 1.30. The number of nitrogens with zero attached hydrogens (tertiary/aromatic N) is 1. The number of rotatable bonds is 2. The van der Waals surface area contributed by atoms with Crippen LogP contribution in [0.3, 0.4) is 0 Å². The van der Waals surface area contributed by atoms with Crippen LogP contribution in [-0.4, -0.2) is 4.57 Å². The van der Waals surface area contributed by atoms with E-state index < -0.39 is 0 Å². The first-order valence-corrected chi connectivity index (χ1v) is 7.27. The van der Waals surface area contributed by atoms with Gasteiger partial charge in [-0.1, -0.05) is 47.7 Å². The Morgan fingerprint density at radius 1 is 0.895 bits per heavy atom. The number of fused-ring (bicyclic) bond motifs is 1. The van der Waals surface area contributed by atoms with Crippen LogP contribution in [0.15, 0.2) is 58.3 Å². The Morgan fingerprint density at radius 2 is 1.58 bits per heavy atom. The summed E-state index contributed by atoms with van der Waals surface area (Å²) in [7, 11) is 2.14. The van der Waals surface area contributed by atoms with E-state index in [1.807, 2.05) is 11.8 Å². The van der Waals surface area contributed by atoms with Crippen molar-refractivity contribution in [1.82, 2.24) is 4.57 Å². The first-order chi connectivity index (χ1) is 9.16. The quantitative estimate of drug-likeness (QED) is 0.636. The van der Waals surface area contributed by atoms with Crippen molar-refractivity contribution in [3.8, 4) is 0 Å². The maximum atomic E-state index is 2.27. The highest BCUT2D eigenvalue weighted by Crippen LogP contribution is 2.37. The lowest BCUT2D eigenvalue weighted by Gasteiger charge is -2.03. The zero-order valence-corrected chi connectivity index (χ0v) is 12.3. The van der Waals surface area contributed by atoms with E-state index in [0.717, 1.165) is 0 Å². The van der Waals surface area contributed by atoms with Crippen molar-refractivity contribution in [3.63, 3.8) is 0 Å². The first-order valence-electron chi connectivity index (χ1n) is 6.45. The number of aromatic nitrogens is 1. The minimum Gasteiger partial charge on any atom is -0.347 e. The molecule has 0 amide bonds. The fourth-order valence-corrected chi connectivity index (χ4v) is 3.41. The van der Waals surface area contributed by atoms with E-state index >= 15 is 0 Å². The maximum Gasteiger partial charge on any atom is 0.0491 e. The van der Waals surface area contributed by atoms with Crippen LogP contribution in [-0.2, 0) is 7.05 Å². The van der Waals surface area contributed by atoms with Crippen molar-refractivity contribution < 1.29 is 0 Å². The van der Waals surface area contributed by atoms with Crippen molar-refractivity contribution >= 4 is 22.7 Å². The molecule has 0 fully saturated rings. The average Bonchev–Trinajstić information content (AvgIpc) is 2.67. The van der Waals surface area contributed by atoms with E-state index in [1.54, 1.807) is 0 Å². The van der Waals surface area contributed by atoms with Gasteiger partial charge in [0.1, 0.15) is 0 Å². The zero-order chi connectivity index (χ0) is 13.4. The fraction of sp³-hybridized carbons (Fsp3) is 0.176. The van der Waals surface area contributed by atoms with Crippen LogP contribution >= 0.6 is 11.8 Å². The third kappa shape index (κ3) is 2.17. The molecule has 0 unspecified atom stereocenters. The van der Waals surface area contributed by atoms with Crippen LogP contribution < -0.4 is 0 Å². The maximum absolute atomic E-state index is 2.27. The third-order valence-corrected chi connectivity index (χ3v) is 4.81. The van der Waals surface area contributed by atoms with Crippen LogP contribution in [0.2, 0.25) is 0 Å². The van der Waals surface area contributed by atoms with Crippen molar-refractivity contribution in [3.05, 3.63) is 59.8 Å². The summed E-state index contributed by atoms with van der Waals surface area (Å²) < 4.78 is 2.27. The molecule has 2 heteroatoms. The lowest BCUT2D eigenvalue weighted by Crippen LogP contribution is -1.89. The highest BCUT2D eigenvalue weighted by atomic mass is 32.2. The van der Waals surface area contributed by atoms with E-state index in [2.05, 4.69) is 74.0 Å². The second-order valence-electron chi connectivity index (χ2n) is 4.91. The molecule has 96 valence electrons. The van der Waals surface area contributed by atoms with Crippen LogP contribution in [0.5, 0.6) is 0 Å². The summed E-state index contributed by atoms with van der Waals surface area (Å²) in [4.78, 5) is 2.66. The van der Waals surface area contributed by atoms with Gasteiger partial charge in [-0.05, 0) is 32.0 Å². The Bertz CT molecular complexity index is 723. The second-order valence-corrected chi connectivity index (χ2v) is 5.99. The summed E-state index contributed by atoms with van der Waals surface area (Å²) in [5, 5.41) is 1.34. The fourth-order valence-electron chi connectivity index (χ4n) is 2.34. The van der Waals surface area contributed by atoms with Crippen molar-refractivity contribution in [2.24, 2.45) is 7.05 Å². The molecular formula is C17H17NS. The largest absolute Gasteiger partial charge is 0.347 e. The number of para-hydroxylation sites is 1. The van der Waals surface area contributed by atoms with Crippen LogP contribution in [0, 0.1) is 13.8 Å². The summed E-state index contributed by atoms with van der Waals surface area (Å²) in [6, 6.07) is 17.3. The molecule has 0 aliphatic carbocycles. The van der Waals surface area contributed by atoms with Gasteiger partial charge in [-0.25, -0.2) is 0 Å². The third-order valence-electron chi connectivity index (χ3n) is 3.58. The van der Waals surface area contributed by atoms with Crippen LogP contribution in [0.4, 0.5) is 0 Å². The summed E-state index contributed by atoms with van der Waals surface area (Å²) in [6.45, 7) is 4.31. The number of hydrogen-bond acceptors (Lipinski definition) is 1. The van der Waals surface area contributed by atoms with E-state index in [9.17, 15) is 0 Å². The van der Waals surface area contributed by atoms with Gasteiger partial charge < -0.3 is 4.57 Å².